The molecule has 3 nitrogen and oxygen atoms in total. The van der Waals surface area contributed by atoms with Crippen LogP contribution >= 0.6 is 0 Å². The predicted molar refractivity (Wildman–Crippen MR) is 67.6 cm³/mol. The van der Waals surface area contributed by atoms with Crippen LogP contribution in [0, 0.1) is 0 Å². The summed E-state index contributed by atoms with van der Waals surface area (Å²) < 4.78 is 5.09. The quantitative estimate of drug-likeness (QED) is 0.827. The molecule has 1 heterocycles. The maximum Gasteiger partial charge on any atom is 0.213 e. The maximum atomic E-state index is 5.09. The number of likely N-dealkylation sites (N-methyl/N-ethyl adjacent to an activating group) is 1. The molecule has 0 fully saturated rings. The molecule has 0 spiro atoms. The van der Waals surface area contributed by atoms with Crippen molar-refractivity contribution < 1.29 is 4.74 Å². The molecule has 16 heavy (non-hydrogen) atoms. The van der Waals surface area contributed by atoms with Crippen LogP contribution in [0.25, 0.3) is 6.08 Å². The molecule has 1 unspecified atom stereocenters. The summed E-state index contributed by atoms with van der Waals surface area (Å²) >= 11 is 0. The van der Waals surface area contributed by atoms with E-state index in [2.05, 4.69) is 37.1 Å². The van der Waals surface area contributed by atoms with Crippen molar-refractivity contribution >= 4 is 6.08 Å². The second-order valence-electron chi connectivity index (χ2n) is 3.77. The average molecular weight is 220 g/mol. The Balaban J connectivity index is 2.80. The third-order valence-electron chi connectivity index (χ3n) is 2.52. The van der Waals surface area contributed by atoms with Crippen molar-refractivity contribution in [1.29, 1.82) is 0 Å². The first-order valence-electron chi connectivity index (χ1n) is 5.60. The van der Waals surface area contributed by atoms with E-state index in [-0.39, 0.29) is 0 Å². The molecule has 3 heteroatoms. The molecule has 1 rings (SSSR count). The molecule has 0 amide bonds. The monoisotopic (exact) mass is 220 g/mol. The molecule has 1 aromatic rings. The maximum absolute atomic E-state index is 5.09. The minimum Gasteiger partial charge on any atom is -0.481 e. The smallest absolute Gasteiger partial charge is 0.213 e. The first-order valence-corrected chi connectivity index (χ1v) is 5.60. The number of pyridine rings is 1. The van der Waals surface area contributed by atoms with E-state index in [1.54, 1.807) is 7.11 Å². The molecular formula is C13H20N2O. The molecule has 1 atom stereocenters. The Morgan fingerprint density at radius 1 is 1.56 bits per heavy atom. The summed E-state index contributed by atoms with van der Waals surface area (Å²) in [6, 6.07) is 6.14. The Morgan fingerprint density at radius 2 is 2.31 bits per heavy atom. The van der Waals surface area contributed by atoms with Gasteiger partial charge in [-0.1, -0.05) is 18.6 Å². The van der Waals surface area contributed by atoms with Gasteiger partial charge in [0.2, 0.25) is 5.88 Å². The van der Waals surface area contributed by atoms with Gasteiger partial charge < -0.3 is 10.1 Å². The van der Waals surface area contributed by atoms with Gasteiger partial charge in [0.15, 0.2) is 0 Å². The fourth-order valence-electron chi connectivity index (χ4n) is 1.45. The van der Waals surface area contributed by atoms with Crippen molar-refractivity contribution in [3.05, 3.63) is 29.5 Å². The zero-order valence-electron chi connectivity index (χ0n) is 10.4. The van der Waals surface area contributed by atoms with Crippen LogP contribution in [0.1, 0.15) is 26.5 Å². The summed E-state index contributed by atoms with van der Waals surface area (Å²) in [6.45, 7) is 7.33. The number of methoxy groups -OCH3 is 1. The molecule has 0 aliphatic rings. The number of aromatic nitrogens is 1. The Labute approximate surface area is 97.5 Å². The Kier molecular flexibility index (Phi) is 4.99. The summed E-state index contributed by atoms with van der Waals surface area (Å²) in [6.07, 6.45) is 2.08. The Morgan fingerprint density at radius 3 is 2.94 bits per heavy atom. The zero-order valence-corrected chi connectivity index (χ0v) is 10.4. The lowest BCUT2D eigenvalue weighted by Crippen LogP contribution is -2.26. The third-order valence-corrected chi connectivity index (χ3v) is 2.52. The number of nitrogens with zero attached hydrogens (tertiary/aromatic N) is 1. The number of hydrogen-bond acceptors (Lipinski definition) is 3. The van der Waals surface area contributed by atoms with Gasteiger partial charge in [-0.2, -0.15) is 0 Å². The van der Waals surface area contributed by atoms with Crippen molar-refractivity contribution in [2.24, 2.45) is 0 Å². The van der Waals surface area contributed by atoms with Crippen LogP contribution in [-0.2, 0) is 0 Å². The van der Waals surface area contributed by atoms with Crippen LogP contribution in [-0.4, -0.2) is 24.7 Å². The minimum atomic E-state index is 0.373. The van der Waals surface area contributed by atoms with Crippen LogP contribution in [0.2, 0.25) is 0 Å². The molecule has 1 N–H and O–H groups in total. The van der Waals surface area contributed by atoms with E-state index < -0.39 is 0 Å². The third kappa shape index (κ3) is 3.66. The van der Waals surface area contributed by atoms with Gasteiger partial charge in [-0.3, -0.25) is 0 Å². The molecule has 0 saturated carbocycles. The van der Waals surface area contributed by atoms with Gasteiger partial charge in [0, 0.05) is 12.1 Å². The van der Waals surface area contributed by atoms with E-state index in [1.165, 1.54) is 5.57 Å². The Bertz CT molecular complexity index is 361. The molecule has 0 radical (unpaired) electrons. The standard InChI is InChI=1S/C13H20N2O/c1-5-14-11(3)10(2)9-12-7-6-8-13(15-12)16-4/h6-9,11,14H,5H2,1-4H3/b10-9+. The van der Waals surface area contributed by atoms with E-state index in [9.17, 15) is 0 Å². The normalized spacial score (nSPS) is 13.6. The van der Waals surface area contributed by atoms with Crippen LogP contribution < -0.4 is 10.1 Å². The van der Waals surface area contributed by atoms with Crippen LogP contribution in [0.4, 0.5) is 0 Å². The van der Waals surface area contributed by atoms with Crippen LogP contribution in [0.5, 0.6) is 5.88 Å². The summed E-state index contributed by atoms with van der Waals surface area (Å²) in [7, 11) is 1.63. The van der Waals surface area contributed by atoms with E-state index >= 15 is 0 Å². The number of rotatable bonds is 5. The van der Waals surface area contributed by atoms with Crippen molar-refractivity contribution in [3.8, 4) is 5.88 Å². The van der Waals surface area contributed by atoms with Gasteiger partial charge in [0.25, 0.3) is 0 Å². The first kappa shape index (κ1) is 12.7. The van der Waals surface area contributed by atoms with E-state index in [0.29, 0.717) is 11.9 Å². The van der Waals surface area contributed by atoms with Gasteiger partial charge in [-0.15, -0.1) is 0 Å². The van der Waals surface area contributed by atoms with E-state index in [0.717, 1.165) is 12.2 Å². The lowest BCUT2D eigenvalue weighted by atomic mass is 10.1. The SMILES string of the molecule is CCNC(C)/C(C)=C/c1cccc(OC)n1. The van der Waals surface area contributed by atoms with Crippen LogP contribution in [0.15, 0.2) is 23.8 Å². The fraction of sp³-hybridized carbons (Fsp3) is 0.462. The molecular weight excluding hydrogens is 200 g/mol. The lowest BCUT2D eigenvalue weighted by Gasteiger charge is -2.12. The Hall–Kier alpha value is -1.35. The molecule has 88 valence electrons. The second kappa shape index (κ2) is 6.28. The summed E-state index contributed by atoms with van der Waals surface area (Å²) in [5.41, 5.74) is 2.20. The highest BCUT2D eigenvalue weighted by Crippen LogP contribution is 2.11. The highest BCUT2D eigenvalue weighted by molar-refractivity contribution is 5.50. The van der Waals surface area contributed by atoms with Crippen LogP contribution in [0.3, 0.4) is 0 Å². The van der Waals surface area contributed by atoms with Crippen molar-refractivity contribution in [1.82, 2.24) is 10.3 Å². The lowest BCUT2D eigenvalue weighted by molar-refractivity contribution is 0.397. The van der Waals surface area contributed by atoms with Gasteiger partial charge in [0.05, 0.1) is 12.8 Å². The van der Waals surface area contributed by atoms with Crippen molar-refractivity contribution in [2.45, 2.75) is 26.8 Å². The highest BCUT2D eigenvalue weighted by atomic mass is 16.5. The zero-order chi connectivity index (χ0) is 12.0. The number of hydrogen-bond donors (Lipinski definition) is 1. The molecule has 0 aromatic carbocycles. The number of ether oxygens (including phenoxy) is 1. The predicted octanol–water partition coefficient (Wildman–Crippen LogP) is 2.49. The first-order chi connectivity index (χ1) is 7.67. The van der Waals surface area contributed by atoms with Gasteiger partial charge in [-0.05, 0) is 32.5 Å². The summed E-state index contributed by atoms with van der Waals surface area (Å²) in [5.74, 6) is 0.651. The topological polar surface area (TPSA) is 34.1 Å². The summed E-state index contributed by atoms with van der Waals surface area (Å²) in [4.78, 5) is 4.35. The summed E-state index contributed by atoms with van der Waals surface area (Å²) in [5, 5.41) is 3.37. The molecule has 1 aromatic heterocycles. The van der Waals surface area contributed by atoms with Gasteiger partial charge in [-0.25, -0.2) is 4.98 Å². The molecule has 0 aliphatic carbocycles. The largest absolute Gasteiger partial charge is 0.481 e. The average Bonchev–Trinajstić information content (AvgIpc) is 2.29. The van der Waals surface area contributed by atoms with E-state index in [1.807, 2.05) is 18.2 Å². The molecule has 0 saturated heterocycles. The minimum absolute atomic E-state index is 0.373. The van der Waals surface area contributed by atoms with Gasteiger partial charge in [0.1, 0.15) is 0 Å². The van der Waals surface area contributed by atoms with Crippen molar-refractivity contribution in [2.75, 3.05) is 13.7 Å². The van der Waals surface area contributed by atoms with E-state index in [4.69, 9.17) is 4.74 Å². The van der Waals surface area contributed by atoms with Gasteiger partial charge >= 0.3 is 0 Å². The second-order valence-corrected chi connectivity index (χ2v) is 3.77. The number of nitrogens with one attached hydrogen (secondary N) is 1. The molecule has 0 bridgehead atoms. The fourth-order valence-corrected chi connectivity index (χ4v) is 1.45. The molecule has 0 aliphatic heterocycles. The van der Waals surface area contributed by atoms with Crippen molar-refractivity contribution in [3.63, 3.8) is 0 Å². The highest BCUT2D eigenvalue weighted by Gasteiger charge is 2.02.